The highest BCUT2D eigenvalue weighted by molar-refractivity contribution is 4.87. The summed E-state index contributed by atoms with van der Waals surface area (Å²) in [5, 5.41) is 0. The summed E-state index contributed by atoms with van der Waals surface area (Å²) in [5.74, 6) is 4.05. The third-order valence-electron chi connectivity index (χ3n) is 5.40. The maximum Gasteiger partial charge on any atom is 0 e. The van der Waals surface area contributed by atoms with Crippen LogP contribution in [0.1, 0.15) is 81.4 Å². The number of hydrogen-bond donors (Lipinski definition) is 0. The van der Waals surface area contributed by atoms with Gasteiger partial charge in [-0.05, 0) is 62.2 Å². The molecule has 0 nitrogen and oxygen atoms in total. The molecular formula is C18H38. The van der Waals surface area contributed by atoms with Gasteiger partial charge in [-0.2, -0.15) is 0 Å². The molecule has 0 N–H and O–H groups in total. The van der Waals surface area contributed by atoms with Gasteiger partial charge < -0.3 is 0 Å². The summed E-state index contributed by atoms with van der Waals surface area (Å²) < 4.78 is 0. The Morgan fingerprint density at radius 2 is 1.44 bits per heavy atom. The molecule has 2 rings (SSSR count). The Labute approximate surface area is 118 Å². The summed E-state index contributed by atoms with van der Waals surface area (Å²) in [4.78, 5) is 0. The van der Waals surface area contributed by atoms with Crippen molar-refractivity contribution in [2.45, 2.75) is 78.6 Å². The third kappa shape index (κ3) is 4.14. The number of allylic oxidation sites excluding steroid dienone is 1. The second-order valence-electron chi connectivity index (χ2n) is 6.48. The van der Waals surface area contributed by atoms with Crippen molar-refractivity contribution < 1.29 is 2.85 Å². The second-order valence-corrected chi connectivity index (χ2v) is 6.48. The van der Waals surface area contributed by atoms with Crippen molar-refractivity contribution >= 4 is 0 Å². The first kappa shape index (κ1) is 15.8. The molecule has 2 aliphatic rings. The molecule has 2 aliphatic carbocycles. The molecular weight excluding hydrogens is 216 g/mol. The third-order valence-corrected chi connectivity index (χ3v) is 5.40. The minimum absolute atomic E-state index is 0. The van der Waals surface area contributed by atoms with E-state index in [9.17, 15) is 0 Å². The van der Waals surface area contributed by atoms with Gasteiger partial charge in [-0.3, -0.25) is 0 Å². The first-order valence-electron chi connectivity index (χ1n) is 7.96. The molecule has 0 unspecified atom stereocenters. The summed E-state index contributed by atoms with van der Waals surface area (Å²) in [5.41, 5.74) is 0. The lowest BCUT2D eigenvalue weighted by atomic mass is 9.69. The maximum atomic E-state index is 3.95. The van der Waals surface area contributed by atoms with Gasteiger partial charge in [0.15, 0.2) is 0 Å². The van der Waals surface area contributed by atoms with Crippen molar-refractivity contribution in [3.8, 4) is 0 Å². The smallest absolute Gasteiger partial charge is 0 e. The lowest BCUT2D eigenvalue weighted by Gasteiger charge is -2.37. The molecule has 0 saturated heterocycles. The second kappa shape index (κ2) is 8.02. The first-order valence-corrected chi connectivity index (χ1v) is 7.96. The van der Waals surface area contributed by atoms with Crippen molar-refractivity contribution in [3.05, 3.63) is 12.7 Å². The van der Waals surface area contributed by atoms with Gasteiger partial charge in [0, 0.05) is 2.85 Å². The van der Waals surface area contributed by atoms with Crippen molar-refractivity contribution in [1.82, 2.24) is 0 Å². The van der Waals surface area contributed by atoms with E-state index in [4.69, 9.17) is 0 Å². The van der Waals surface area contributed by atoms with Gasteiger partial charge in [0.1, 0.15) is 0 Å². The van der Waals surface area contributed by atoms with Crippen LogP contribution in [0.5, 0.6) is 0 Å². The van der Waals surface area contributed by atoms with E-state index in [0.29, 0.717) is 0 Å². The zero-order valence-corrected chi connectivity index (χ0v) is 11.7. The molecule has 0 heterocycles. The van der Waals surface area contributed by atoms with Crippen molar-refractivity contribution in [2.75, 3.05) is 0 Å². The quantitative estimate of drug-likeness (QED) is 0.489. The van der Waals surface area contributed by atoms with Crippen LogP contribution in [0.15, 0.2) is 12.7 Å². The predicted molar refractivity (Wildman–Crippen MR) is 87.0 cm³/mol. The molecule has 110 valence electrons. The van der Waals surface area contributed by atoms with Crippen molar-refractivity contribution in [3.63, 3.8) is 0 Å². The standard InChI is InChI=1S/C17H30.CH4.2H2/c1-3-5-15-8-12-17(13-9-15)16-10-6-14(4-2)7-11-16;;;/h4,14-17H,2-3,5-13H2,1H3;1H4;2*1H. The van der Waals surface area contributed by atoms with Gasteiger partial charge >= 0.3 is 0 Å². The lowest BCUT2D eigenvalue weighted by Crippen LogP contribution is -2.25. The van der Waals surface area contributed by atoms with E-state index >= 15 is 0 Å². The van der Waals surface area contributed by atoms with Gasteiger partial charge in [-0.1, -0.05) is 46.1 Å². The van der Waals surface area contributed by atoms with Gasteiger partial charge in [0.05, 0.1) is 0 Å². The van der Waals surface area contributed by atoms with E-state index in [1.807, 2.05) is 0 Å². The Balaban J connectivity index is 0. The summed E-state index contributed by atoms with van der Waals surface area (Å²) in [6, 6.07) is 0. The Morgan fingerprint density at radius 1 is 0.944 bits per heavy atom. The van der Waals surface area contributed by atoms with Gasteiger partial charge in [0.25, 0.3) is 0 Å². The Morgan fingerprint density at radius 3 is 1.89 bits per heavy atom. The van der Waals surface area contributed by atoms with E-state index in [-0.39, 0.29) is 10.3 Å². The fraction of sp³-hybridized carbons (Fsp3) is 0.889. The Kier molecular flexibility index (Phi) is 7.04. The Hall–Kier alpha value is -0.260. The van der Waals surface area contributed by atoms with Crippen LogP contribution in [0, 0.1) is 23.7 Å². The molecule has 0 amide bonds. The molecule has 0 aromatic rings. The number of rotatable bonds is 4. The van der Waals surface area contributed by atoms with Crippen LogP contribution in [-0.2, 0) is 0 Å². The van der Waals surface area contributed by atoms with Gasteiger partial charge in [0.2, 0.25) is 0 Å². The molecule has 18 heavy (non-hydrogen) atoms. The summed E-state index contributed by atoms with van der Waals surface area (Å²) in [6.45, 7) is 6.29. The molecule has 0 heteroatoms. The van der Waals surface area contributed by atoms with Gasteiger partial charge in [-0.15, -0.1) is 6.58 Å². The Bertz CT molecular complexity index is 224. The minimum Gasteiger partial charge on any atom is -0.103 e. The molecule has 0 aromatic heterocycles. The molecule has 0 bridgehead atoms. The normalized spacial score (nSPS) is 36.7. The molecule has 0 aromatic carbocycles. The topological polar surface area (TPSA) is 0 Å². The van der Waals surface area contributed by atoms with E-state index in [0.717, 1.165) is 23.7 Å². The van der Waals surface area contributed by atoms with Crippen LogP contribution in [0.2, 0.25) is 0 Å². The van der Waals surface area contributed by atoms with Crippen LogP contribution in [0.25, 0.3) is 0 Å². The van der Waals surface area contributed by atoms with E-state index in [2.05, 4.69) is 19.6 Å². The molecule has 2 fully saturated rings. The highest BCUT2D eigenvalue weighted by Gasteiger charge is 2.29. The molecule has 0 aliphatic heterocycles. The van der Waals surface area contributed by atoms with Crippen LogP contribution < -0.4 is 0 Å². The van der Waals surface area contributed by atoms with Gasteiger partial charge in [-0.25, -0.2) is 0 Å². The average Bonchev–Trinajstić information content (AvgIpc) is 2.40. The van der Waals surface area contributed by atoms with Crippen molar-refractivity contribution in [1.29, 1.82) is 0 Å². The summed E-state index contributed by atoms with van der Waals surface area (Å²) in [7, 11) is 0. The molecule has 0 spiro atoms. The first-order chi connectivity index (χ1) is 8.33. The largest absolute Gasteiger partial charge is 0.103 e. The monoisotopic (exact) mass is 254 g/mol. The SMILES string of the molecule is C.C=CC1CCC(C2CCC(CCC)CC2)CC1.[HH].[HH]. The highest BCUT2D eigenvalue weighted by Crippen LogP contribution is 2.42. The zero-order valence-electron chi connectivity index (χ0n) is 11.7. The minimum atomic E-state index is 0. The molecule has 0 atom stereocenters. The van der Waals surface area contributed by atoms with E-state index in [1.54, 1.807) is 0 Å². The average molecular weight is 255 g/mol. The van der Waals surface area contributed by atoms with Crippen LogP contribution >= 0.6 is 0 Å². The van der Waals surface area contributed by atoms with Crippen LogP contribution in [-0.4, -0.2) is 0 Å². The molecule has 2 saturated carbocycles. The fourth-order valence-corrected chi connectivity index (χ4v) is 4.21. The zero-order chi connectivity index (χ0) is 12.1. The molecule has 0 radical (unpaired) electrons. The van der Waals surface area contributed by atoms with E-state index in [1.165, 1.54) is 64.2 Å². The van der Waals surface area contributed by atoms with Crippen LogP contribution in [0.4, 0.5) is 0 Å². The summed E-state index contributed by atoms with van der Waals surface area (Å²) in [6.07, 6.45) is 17.0. The lowest BCUT2D eigenvalue weighted by molar-refractivity contribution is 0.152. The predicted octanol–water partition coefficient (Wildman–Crippen LogP) is 6.71. The van der Waals surface area contributed by atoms with Crippen molar-refractivity contribution in [2.24, 2.45) is 23.7 Å². The summed E-state index contributed by atoms with van der Waals surface area (Å²) >= 11 is 0. The fourth-order valence-electron chi connectivity index (χ4n) is 4.21. The van der Waals surface area contributed by atoms with E-state index < -0.39 is 0 Å². The van der Waals surface area contributed by atoms with Crippen LogP contribution in [0.3, 0.4) is 0 Å². The number of hydrogen-bond acceptors (Lipinski definition) is 0. The maximum absolute atomic E-state index is 3.95. The highest BCUT2D eigenvalue weighted by atomic mass is 14.3.